The smallest absolute Gasteiger partial charge is 0.191 e. The van der Waals surface area contributed by atoms with Crippen LogP contribution in [0.4, 0.5) is 0 Å². The third-order valence-corrected chi connectivity index (χ3v) is 4.55. The summed E-state index contributed by atoms with van der Waals surface area (Å²) < 4.78 is 5.94. The van der Waals surface area contributed by atoms with Crippen molar-refractivity contribution in [3.05, 3.63) is 29.8 Å². The molecule has 5 heteroatoms. The number of hydrogen-bond acceptors (Lipinski definition) is 3. The average molecular weight is 317 g/mol. The van der Waals surface area contributed by atoms with Gasteiger partial charge in [0.15, 0.2) is 5.96 Å². The van der Waals surface area contributed by atoms with Crippen molar-refractivity contribution in [2.75, 3.05) is 13.1 Å². The van der Waals surface area contributed by atoms with Crippen molar-refractivity contribution in [2.24, 2.45) is 4.99 Å². The maximum Gasteiger partial charge on any atom is 0.191 e. The summed E-state index contributed by atoms with van der Waals surface area (Å²) in [5.74, 6) is 1.85. The summed E-state index contributed by atoms with van der Waals surface area (Å²) in [6, 6.07) is 8.61. The van der Waals surface area contributed by atoms with Crippen molar-refractivity contribution in [3.8, 4) is 5.75 Å². The van der Waals surface area contributed by atoms with Gasteiger partial charge in [0.1, 0.15) is 11.9 Å². The number of rotatable bonds is 4. The van der Waals surface area contributed by atoms with E-state index in [1.54, 1.807) is 0 Å². The van der Waals surface area contributed by atoms with E-state index in [0.29, 0.717) is 12.6 Å². The van der Waals surface area contributed by atoms with E-state index in [9.17, 15) is 5.11 Å². The number of para-hydroxylation sites is 1. The van der Waals surface area contributed by atoms with Crippen LogP contribution in [-0.4, -0.2) is 42.4 Å². The zero-order valence-corrected chi connectivity index (χ0v) is 13.8. The van der Waals surface area contributed by atoms with Crippen LogP contribution in [0.2, 0.25) is 0 Å². The molecule has 0 saturated heterocycles. The Bertz CT molecular complexity index is 514. The molecular weight excluding hydrogens is 290 g/mol. The lowest BCUT2D eigenvalue weighted by atomic mass is 9.93. The van der Waals surface area contributed by atoms with Gasteiger partial charge < -0.3 is 20.5 Å². The molecule has 1 aliphatic carbocycles. The summed E-state index contributed by atoms with van der Waals surface area (Å²) in [5.41, 5.74) is 1.27. The van der Waals surface area contributed by atoms with Gasteiger partial charge in [-0.15, -0.1) is 0 Å². The summed E-state index contributed by atoms with van der Waals surface area (Å²) in [6.45, 7) is 3.57. The van der Waals surface area contributed by atoms with Gasteiger partial charge >= 0.3 is 0 Å². The lowest BCUT2D eigenvalue weighted by Gasteiger charge is -2.27. The minimum absolute atomic E-state index is 0.121. The highest BCUT2D eigenvalue weighted by Gasteiger charge is 2.23. The van der Waals surface area contributed by atoms with E-state index in [2.05, 4.69) is 29.7 Å². The van der Waals surface area contributed by atoms with E-state index in [1.807, 2.05) is 12.1 Å². The van der Waals surface area contributed by atoms with E-state index in [0.717, 1.165) is 50.4 Å². The highest BCUT2D eigenvalue weighted by molar-refractivity contribution is 5.80. The standard InChI is InChI=1S/C18H27N3O2/c1-2-19-18(21-14-7-9-15(22)10-8-14)20-12-16-11-13-5-3-4-6-17(13)23-16/h3-6,14-16,22H,2,7-12H2,1H3,(H2,19,20,21). The molecule has 0 radical (unpaired) electrons. The Morgan fingerprint density at radius 3 is 2.78 bits per heavy atom. The number of fused-ring (bicyclic) bond motifs is 1. The van der Waals surface area contributed by atoms with Crippen LogP contribution in [0.25, 0.3) is 0 Å². The van der Waals surface area contributed by atoms with Gasteiger partial charge in [0.25, 0.3) is 0 Å². The van der Waals surface area contributed by atoms with Crippen LogP contribution in [0.5, 0.6) is 5.75 Å². The summed E-state index contributed by atoms with van der Waals surface area (Å²) in [6.07, 6.45) is 4.66. The zero-order valence-electron chi connectivity index (χ0n) is 13.8. The summed E-state index contributed by atoms with van der Waals surface area (Å²) in [5, 5.41) is 16.4. The fourth-order valence-electron chi connectivity index (χ4n) is 3.28. The van der Waals surface area contributed by atoms with Gasteiger partial charge in [-0.1, -0.05) is 18.2 Å². The van der Waals surface area contributed by atoms with E-state index in [1.165, 1.54) is 5.56 Å². The molecule has 126 valence electrons. The largest absolute Gasteiger partial charge is 0.488 e. The number of ether oxygens (including phenoxy) is 1. The predicted molar refractivity (Wildman–Crippen MR) is 91.9 cm³/mol. The zero-order chi connectivity index (χ0) is 16.1. The molecule has 23 heavy (non-hydrogen) atoms. The molecule has 1 unspecified atom stereocenters. The van der Waals surface area contributed by atoms with Crippen LogP contribution in [0.3, 0.4) is 0 Å². The van der Waals surface area contributed by atoms with Gasteiger partial charge in [0.05, 0.1) is 12.6 Å². The minimum atomic E-state index is -0.127. The lowest BCUT2D eigenvalue weighted by Crippen LogP contribution is -2.45. The van der Waals surface area contributed by atoms with Crippen molar-refractivity contribution in [2.45, 2.75) is 57.3 Å². The molecule has 3 N–H and O–H groups in total. The second-order valence-corrected chi connectivity index (χ2v) is 6.42. The van der Waals surface area contributed by atoms with Crippen molar-refractivity contribution < 1.29 is 9.84 Å². The van der Waals surface area contributed by atoms with Gasteiger partial charge in [0, 0.05) is 19.0 Å². The molecule has 1 aromatic rings. The molecule has 5 nitrogen and oxygen atoms in total. The van der Waals surface area contributed by atoms with E-state index < -0.39 is 0 Å². The molecule has 0 amide bonds. The minimum Gasteiger partial charge on any atom is -0.488 e. The van der Waals surface area contributed by atoms with Crippen LogP contribution < -0.4 is 15.4 Å². The number of nitrogens with zero attached hydrogens (tertiary/aromatic N) is 1. The van der Waals surface area contributed by atoms with Gasteiger partial charge in [-0.2, -0.15) is 0 Å². The second-order valence-electron chi connectivity index (χ2n) is 6.42. The molecule has 1 aromatic carbocycles. The van der Waals surface area contributed by atoms with Crippen molar-refractivity contribution in [1.29, 1.82) is 0 Å². The molecule has 0 aromatic heterocycles. The van der Waals surface area contributed by atoms with Crippen LogP contribution in [0.15, 0.2) is 29.3 Å². The molecule has 0 spiro atoms. The Morgan fingerprint density at radius 1 is 1.26 bits per heavy atom. The molecule has 2 aliphatic rings. The molecular formula is C18H27N3O2. The van der Waals surface area contributed by atoms with Crippen molar-refractivity contribution in [3.63, 3.8) is 0 Å². The quantitative estimate of drug-likeness (QED) is 0.586. The first-order valence-electron chi connectivity index (χ1n) is 8.72. The number of benzene rings is 1. The summed E-state index contributed by atoms with van der Waals surface area (Å²) in [7, 11) is 0. The average Bonchev–Trinajstić information content (AvgIpc) is 2.98. The predicted octanol–water partition coefficient (Wildman–Crippen LogP) is 1.85. The van der Waals surface area contributed by atoms with Crippen LogP contribution in [0, 0.1) is 0 Å². The third-order valence-electron chi connectivity index (χ3n) is 4.55. The topological polar surface area (TPSA) is 65.9 Å². The first-order chi connectivity index (χ1) is 11.2. The van der Waals surface area contributed by atoms with Gasteiger partial charge in [-0.25, -0.2) is 4.99 Å². The molecule has 3 rings (SSSR count). The van der Waals surface area contributed by atoms with Crippen molar-refractivity contribution in [1.82, 2.24) is 10.6 Å². The van der Waals surface area contributed by atoms with Gasteiger partial charge in [-0.3, -0.25) is 0 Å². The number of aliphatic hydroxyl groups excluding tert-OH is 1. The Balaban J connectivity index is 1.53. The number of hydrogen-bond donors (Lipinski definition) is 3. The van der Waals surface area contributed by atoms with Crippen molar-refractivity contribution >= 4 is 5.96 Å². The SMILES string of the molecule is CCNC(=NCC1Cc2ccccc2O1)NC1CCC(O)CC1. The van der Waals surface area contributed by atoms with Crippen LogP contribution in [-0.2, 0) is 6.42 Å². The van der Waals surface area contributed by atoms with Gasteiger partial charge in [0.2, 0.25) is 0 Å². The monoisotopic (exact) mass is 317 g/mol. The first-order valence-corrected chi connectivity index (χ1v) is 8.72. The molecule has 1 aliphatic heterocycles. The number of nitrogens with one attached hydrogen (secondary N) is 2. The molecule has 1 atom stereocenters. The highest BCUT2D eigenvalue weighted by Crippen LogP contribution is 2.28. The normalized spacial score (nSPS) is 27.2. The lowest BCUT2D eigenvalue weighted by molar-refractivity contribution is 0.120. The number of guanidine groups is 1. The fraction of sp³-hybridized carbons (Fsp3) is 0.611. The second kappa shape index (κ2) is 7.68. The molecule has 1 heterocycles. The number of aliphatic imine (C=N–C) groups is 1. The maximum atomic E-state index is 9.61. The third kappa shape index (κ3) is 4.38. The molecule has 1 saturated carbocycles. The van der Waals surface area contributed by atoms with E-state index in [-0.39, 0.29) is 12.2 Å². The Kier molecular flexibility index (Phi) is 5.39. The number of aliphatic hydroxyl groups is 1. The van der Waals surface area contributed by atoms with E-state index in [4.69, 9.17) is 9.73 Å². The van der Waals surface area contributed by atoms with Crippen LogP contribution >= 0.6 is 0 Å². The molecule has 1 fully saturated rings. The summed E-state index contributed by atoms with van der Waals surface area (Å²) in [4.78, 5) is 4.70. The fourth-order valence-corrected chi connectivity index (χ4v) is 3.28. The highest BCUT2D eigenvalue weighted by atomic mass is 16.5. The molecule has 0 bridgehead atoms. The van der Waals surface area contributed by atoms with E-state index >= 15 is 0 Å². The Labute approximate surface area is 138 Å². The van der Waals surface area contributed by atoms with Gasteiger partial charge in [-0.05, 0) is 44.2 Å². The first kappa shape index (κ1) is 16.1. The van der Waals surface area contributed by atoms with Crippen LogP contribution in [0.1, 0.15) is 38.2 Å². The Morgan fingerprint density at radius 2 is 2.04 bits per heavy atom. The summed E-state index contributed by atoms with van der Waals surface area (Å²) >= 11 is 0. The maximum absolute atomic E-state index is 9.61. The Hall–Kier alpha value is -1.75.